The fourth-order valence-electron chi connectivity index (χ4n) is 1.86. The van der Waals surface area contributed by atoms with Crippen molar-refractivity contribution in [3.8, 4) is 0 Å². The molecule has 0 saturated carbocycles. The third kappa shape index (κ3) is 2.69. The van der Waals surface area contributed by atoms with Gasteiger partial charge < -0.3 is 10.2 Å². The molecule has 1 rings (SSSR count). The number of amides is 1. The molecular formula is C10H20N2O. The van der Waals surface area contributed by atoms with Gasteiger partial charge in [-0.15, -0.1) is 0 Å². The lowest BCUT2D eigenvalue weighted by Crippen LogP contribution is -2.40. The quantitative estimate of drug-likeness (QED) is 0.705. The molecule has 1 heterocycles. The van der Waals surface area contributed by atoms with Gasteiger partial charge in [-0.3, -0.25) is 4.79 Å². The van der Waals surface area contributed by atoms with Crippen molar-refractivity contribution in [2.75, 3.05) is 26.2 Å². The Morgan fingerprint density at radius 1 is 1.31 bits per heavy atom. The summed E-state index contributed by atoms with van der Waals surface area (Å²) < 4.78 is 0. The van der Waals surface area contributed by atoms with Gasteiger partial charge in [-0.2, -0.15) is 0 Å². The Balaban J connectivity index is 2.44. The second kappa shape index (κ2) is 5.22. The number of nitrogens with one attached hydrogen (secondary N) is 1. The normalized spacial score (nSPS) is 18.6. The number of nitrogens with zero attached hydrogens (tertiary/aromatic N) is 1. The summed E-state index contributed by atoms with van der Waals surface area (Å²) in [6.07, 6.45) is 2.02. The Morgan fingerprint density at radius 2 is 1.85 bits per heavy atom. The molecule has 3 heteroatoms. The molecule has 1 saturated heterocycles. The van der Waals surface area contributed by atoms with Crippen LogP contribution in [0.25, 0.3) is 0 Å². The van der Waals surface area contributed by atoms with E-state index in [-0.39, 0.29) is 5.92 Å². The number of piperidine rings is 1. The van der Waals surface area contributed by atoms with E-state index in [9.17, 15) is 4.79 Å². The van der Waals surface area contributed by atoms with Crippen LogP contribution in [0.15, 0.2) is 0 Å². The van der Waals surface area contributed by atoms with Gasteiger partial charge in [0, 0.05) is 19.0 Å². The van der Waals surface area contributed by atoms with E-state index in [1.165, 1.54) is 0 Å². The topological polar surface area (TPSA) is 32.3 Å². The van der Waals surface area contributed by atoms with Crippen LogP contribution in [0.1, 0.15) is 26.7 Å². The molecule has 1 fully saturated rings. The summed E-state index contributed by atoms with van der Waals surface area (Å²) in [5.41, 5.74) is 0. The summed E-state index contributed by atoms with van der Waals surface area (Å²) in [5, 5.41) is 3.27. The first-order valence-electron chi connectivity index (χ1n) is 5.29. The third-order valence-electron chi connectivity index (χ3n) is 2.76. The van der Waals surface area contributed by atoms with Crippen molar-refractivity contribution in [1.29, 1.82) is 0 Å². The molecule has 1 aliphatic heterocycles. The second-order valence-corrected chi connectivity index (χ2v) is 3.53. The standard InChI is InChI=1S/C10H20N2O/c1-3-12(4-2)10(13)9-5-7-11-8-6-9/h9,11H,3-8H2,1-2H3. The van der Waals surface area contributed by atoms with Crippen LogP contribution in [-0.2, 0) is 4.79 Å². The Hall–Kier alpha value is -0.570. The van der Waals surface area contributed by atoms with Gasteiger partial charge in [0.15, 0.2) is 0 Å². The summed E-state index contributed by atoms with van der Waals surface area (Å²) in [6.45, 7) is 7.78. The molecule has 0 aliphatic carbocycles. The lowest BCUT2D eigenvalue weighted by molar-refractivity contribution is -0.135. The van der Waals surface area contributed by atoms with E-state index < -0.39 is 0 Å². The van der Waals surface area contributed by atoms with E-state index in [4.69, 9.17) is 0 Å². The molecule has 76 valence electrons. The molecule has 0 unspecified atom stereocenters. The van der Waals surface area contributed by atoms with Crippen molar-refractivity contribution in [2.24, 2.45) is 5.92 Å². The van der Waals surface area contributed by atoms with Crippen LogP contribution in [-0.4, -0.2) is 37.0 Å². The SMILES string of the molecule is CCN(CC)C(=O)C1CCNCC1. The molecule has 1 aliphatic rings. The number of carbonyl (C=O) groups is 1. The minimum absolute atomic E-state index is 0.279. The van der Waals surface area contributed by atoms with E-state index in [0.29, 0.717) is 5.91 Å². The first kappa shape index (κ1) is 10.5. The van der Waals surface area contributed by atoms with Crippen LogP contribution >= 0.6 is 0 Å². The van der Waals surface area contributed by atoms with Gasteiger partial charge in [0.05, 0.1) is 0 Å². The maximum atomic E-state index is 11.9. The monoisotopic (exact) mass is 184 g/mol. The lowest BCUT2D eigenvalue weighted by atomic mass is 9.96. The Kier molecular flexibility index (Phi) is 4.22. The molecule has 3 nitrogen and oxygen atoms in total. The lowest BCUT2D eigenvalue weighted by Gasteiger charge is -2.27. The highest BCUT2D eigenvalue weighted by Gasteiger charge is 2.23. The van der Waals surface area contributed by atoms with Crippen molar-refractivity contribution < 1.29 is 4.79 Å². The first-order valence-corrected chi connectivity index (χ1v) is 5.29. The number of rotatable bonds is 3. The highest BCUT2D eigenvalue weighted by Crippen LogP contribution is 2.14. The molecule has 0 spiro atoms. The van der Waals surface area contributed by atoms with Gasteiger partial charge in [0.25, 0.3) is 0 Å². The molecule has 1 N–H and O–H groups in total. The van der Waals surface area contributed by atoms with E-state index in [2.05, 4.69) is 5.32 Å². The van der Waals surface area contributed by atoms with Gasteiger partial charge in [-0.25, -0.2) is 0 Å². The van der Waals surface area contributed by atoms with Crippen LogP contribution < -0.4 is 5.32 Å². The fraction of sp³-hybridized carbons (Fsp3) is 0.900. The Morgan fingerprint density at radius 3 is 2.31 bits per heavy atom. The molecule has 0 radical (unpaired) electrons. The maximum absolute atomic E-state index is 11.9. The van der Waals surface area contributed by atoms with Gasteiger partial charge in [0.1, 0.15) is 0 Å². The average molecular weight is 184 g/mol. The Labute approximate surface area is 80.5 Å². The number of carbonyl (C=O) groups excluding carboxylic acids is 1. The molecule has 0 atom stereocenters. The van der Waals surface area contributed by atoms with Gasteiger partial charge in [-0.1, -0.05) is 0 Å². The van der Waals surface area contributed by atoms with E-state index >= 15 is 0 Å². The minimum atomic E-state index is 0.279. The van der Waals surface area contributed by atoms with Crippen LogP contribution in [0.2, 0.25) is 0 Å². The molecule has 0 aromatic carbocycles. The smallest absolute Gasteiger partial charge is 0.225 e. The summed E-state index contributed by atoms with van der Waals surface area (Å²) >= 11 is 0. The van der Waals surface area contributed by atoms with Crippen LogP contribution in [0.5, 0.6) is 0 Å². The summed E-state index contributed by atoms with van der Waals surface area (Å²) in [5.74, 6) is 0.632. The van der Waals surface area contributed by atoms with Crippen molar-refractivity contribution >= 4 is 5.91 Å². The average Bonchev–Trinajstić information content (AvgIpc) is 2.21. The third-order valence-corrected chi connectivity index (χ3v) is 2.76. The fourth-order valence-corrected chi connectivity index (χ4v) is 1.86. The predicted octanol–water partition coefficient (Wildman–Crippen LogP) is 0.854. The predicted molar refractivity (Wildman–Crippen MR) is 53.5 cm³/mol. The summed E-state index contributed by atoms with van der Waals surface area (Å²) in [6, 6.07) is 0. The number of hydrogen-bond acceptors (Lipinski definition) is 2. The molecule has 13 heavy (non-hydrogen) atoms. The van der Waals surface area contributed by atoms with Crippen LogP contribution in [0.3, 0.4) is 0 Å². The zero-order valence-electron chi connectivity index (χ0n) is 8.68. The Bertz CT molecular complexity index is 160. The van der Waals surface area contributed by atoms with E-state index in [1.54, 1.807) is 0 Å². The highest BCUT2D eigenvalue weighted by atomic mass is 16.2. The zero-order chi connectivity index (χ0) is 9.68. The van der Waals surface area contributed by atoms with E-state index in [1.807, 2.05) is 18.7 Å². The van der Waals surface area contributed by atoms with Crippen molar-refractivity contribution in [3.05, 3.63) is 0 Å². The van der Waals surface area contributed by atoms with Gasteiger partial charge in [-0.05, 0) is 39.8 Å². The zero-order valence-corrected chi connectivity index (χ0v) is 8.68. The maximum Gasteiger partial charge on any atom is 0.225 e. The van der Waals surface area contributed by atoms with Crippen molar-refractivity contribution in [1.82, 2.24) is 10.2 Å². The molecule has 1 amide bonds. The van der Waals surface area contributed by atoms with E-state index in [0.717, 1.165) is 39.0 Å². The minimum Gasteiger partial charge on any atom is -0.343 e. The van der Waals surface area contributed by atoms with Gasteiger partial charge in [0.2, 0.25) is 5.91 Å². The highest BCUT2D eigenvalue weighted by molar-refractivity contribution is 5.78. The molecule has 0 bridgehead atoms. The van der Waals surface area contributed by atoms with Crippen molar-refractivity contribution in [3.63, 3.8) is 0 Å². The summed E-state index contributed by atoms with van der Waals surface area (Å²) in [7, 11) is 0. The summed E-state index contributed by atoms with van der Waals surface area (Å²) in [4.78, 5) is 13.8. The molecular weight excluding hydrogens is 164 g/mol. The molecule has 0 aromatic rings. The largest absolute Gasteiger partial charge is 0.343 e. The van der Waals surface area contributed by atoms with Gasteiger partial charge >= 0.3 is 0 Å². The van der Waals surface area contributed by atoms with Crippen LogP contribution in [0.4, 0.5) is 0 Å². The molecule has 0 aromatic heterocycles. The first-order chi connectivity index (χ1) is 6.29. The van der Waals surface area contributed by atoms with Crippen molar-refractivity contribution in [2.45, 2.75) is 26.7 Å². The number of hydrogen-bond donors (Lipinski definition) is 1. The van der Waals surface area contributed by atoms with Crippen LogP contribution in [0, 0.1) is 5.92 Å². The second-order valence-electron chi connectivity index (χ2n) is 3.53.